The summed E-state index contributed by atoms with van der Waals surface area (Å²) >= 11 is 1.57. The average Bonchev–Trinajstić information content (AvgIpc) is 3.52. The number of fused-ring (bicyclic) bond motifs is 2. The second-order valence-electron chi connectivity index (χ2n) is 8.63. The topological polar surface area (TPSA) is 69.0 Å². The van der Waals surface area contributed by atoms with Gasteiger partial charge in [0.1, 0.15) is 11.6 Å². The summed E-state index contributed by atoms with van der Waals surface area (Å²) in [5.41, 5.74) is 3.99. The zero-order chi connectivity index (χ0) is 21.7. The molecule has 1 amide bonds. The molecule has 2 aromatic heterocycles. The van der Waals surface area contributed by atoms with E-state index in [2.05, 4.69) is 23.5 Å². The second-order valence-corrected chi connectivity index (χ2v) is 9.63. The monoisotopic (exact) mass is 444 g/mol. The minimum absolute atomic E-state index is 0.00752. The minimum atomic E-state index is -0.0611. The molecule has 2 aliphatic rings. The maximum atomic E-state index is 12.7. The van der Waals surface area contributed by atoms with Crippen molar-refractivity contribution in [3.8, 4) is 10.9 Å². The molecule has 1 saturated carbocycles. The van der Waals surface area contributed by atoms with Gasteiger partial charge in [-0.25, -0.2) is 4.98 Å². The van der Waals surface area contributed by atoms with Crippen LogP contribution in [0.5, 0.6) is 5.75 Å². The molecule has 4 aromatic rings. The number of anilines is 1. The van der Waals surface area contributed by atoms with Crippen LogP contribution in [0.3, 0.4) is 0 Å². The van der Waals surface area contributed by atoms with Gasteiger partial charge in [0, 0.05) is 17.9 Å². The van der Waals surface area contributed by atoms with Crippen LogP contribution in [0.25, 0.3) is 15.3 Å². The number of thiazole rings is 1. The van der Waals surface area contributed by atoms with Gasteiger partial charge in [0.2, 0.25) is 11.0 Å². The van der Waals surface area contributed by atoms with Crippen LogP contribution in [0.15, 0.2) is 48.5 Å². The normalized spacial score (nSPS) is 18.7. The van der Waals surface area contributed by atoms with Gasteiger partial charge in [-0.3, -0.25) is 4.79 Å². The van der Waals surface area contributed by atoms with Crippen molar-refractivity contribution >= 4 is 33.3 Å². The molecular formula is C25H24N4O2S. The van der Waals surface area contributed by atoms with Gasteiger partial charge >= 0.3 is 0 Å². The number of para-hydroxylation sites is 1. The Morgan fingerprint density at radius 1 is 1.12 bits per heavy atom. The van der Waals surface area contributed by atoms with Gasteiger partial charge in [-0.2, -0.15) is 9.78 Å². The van der Waals surface area contributed by atoms with Gasteiger partial charge < -0.3 is 10.1 Å². The standard InChI is InChI=1S/C25H24N4O2S/c1-15-23-19(16-7-6-10-18(13-16)31-17-8-2-3-9-17)14-22(30)27-24(23)29(28-15)25-26-20-11-4-5-12-21(20)32-25/h4-7,10-13,17,19H,2-3,8-9,14H2,1H3,(H,27,30)/t19-/m1/s1. The predicted octanol–water partition coefficient (Wildman–Crippen LogP) is 5.59. The van der Waals surface area contributed by atoms with Crippen LogP contribution < -0.4 is 10.1 Å². The smallest absolute Gasteiger partial charge is 0.226 e. The van der Waals surface area contributed by atoms with Crippen molar-refractivity contribution in [3.63, 3.8) is 0 Å². The molecule has 3 heterocycles. The summed E-state index contributed by atoms with van der Waals surface area (Å²) in [4.78, 5) is 17.5. The molecule has 6 rings (SSSR count). The van der Waals surface area contributed by atoms with Crippen LogP contribution in [0.1, 0.15) is 54.8 Å². The molecule has 1 atom stereocenters. The van der Waals surface area contributed by atoms with E-state index in [-0.39, 0.29) is 11.8 Å². The van der Waals surface area contributed by atoms with Crippen molar-refractivity contribution in [2.75, 3.05) is 5.32 Å². The molecule has 6 nitrogen and oxygen atoms in total. The molecule has 0 unspecified atom stereocenters. The summed E-state index contributed by atoms with van der Waals surface area (Å²) in [6, 6.07) is 16.3. The Kier molecular flexibility index (Phi) is 4.72. The fraction of sp³-hybridized carbons (Fsp3) is 0.320. The fourth-order valence-corrected chi connectivity index (χ4v) is 5.85. The molecule has 2 aromatic carbocycles. The number of nitrogens with zero attached hydrogens (tertiary/aromatic N) is 3. The highest BCUT2D eigenvalue weighted by molar-refractivity contribution is 7.20. The van der Waals surface area contributed by atoms with Crippen molar-refractivity contribution in [2.24, 2.45) is 0 Å². The number of carbonyl (C=O) groups excluding carboxylic acids is 1. The van der Waals surface area contributed by atoms with E-state index in [0.29, 0.717) is 12.5 Å². The molecule has 32 heavy (non-hydrogen) atoms. The van der Waals surface area contributed by atoms with E-state index in [1.165, 1.54) is 12.8 Å². The molecule has 1 aliphatic heterocycles. The van der Waals surface area contributed by atoms with E-state index in [4.69, 9.17) is 14.8 Å². The number of hydrogen-bond acceptors (Lipinski definition) is 5. The van der Waals surface area contributed by atoms with Crippen molar-refractivity contribution in [2.45, 2.75) is 51.0 Å². The van der Waals surface area contributed by atoms with Crippen LogP contribution in [0.4, 0.5) is 5.82 Å². The lowest BCUT2D eigenvalue weighted by atomic mass is 9.86. The predicted molar refractivity (Wildman–Crippen MR) is 126 cm³/mol. The summed E-state index contributed by atoms with van der Waals surface area (Å²) in [6.07, 6.45) is 5.41. The fourth-order valence-electron chi connectivity index (χ4n) is 4.92. The van der Waals surface area contributed by atoms with Crippen LogP contribution in [0.2, 0.25) is 0 Å². The molecule has 1 N–H and O–H groups in total. The number of aromatic nitrogens is 3. The first kappa shape index (κ1) is 19.5. The second kappa shape index (κ2) is 7.74. The average molecular weight is 445 g/mol. The summed E-state index contributed by atoms with van der Waals surface area (Å²) < 4.78 is 9.12. The summed E-state index contributed by atoms with van der Waals surface area (Å²) in [7, 11) is 0. The number of nitrogens with one attached hydrogen (secondary N) is 1. The number of amides is 1. The molecule has 0 spiro atoms. The van der Waals surface area contributed by atoms with E-state index in [0.717, 1.165) is 56.6 Å². The number of rotatable bonds is 4. The molecule has 0 bridgehead atoms. The number of hydrogen-bond donors (Lipinski definition) is 1. The van der Waals surface area contributed by atoms with Crippen LogP contribution in [-0.2, 0) is 4.79 Å². The molecule has 1 fully saturated rings. The van der Waals surface area contributed by atoms with Gasteiger partial charge in [-0.05, 0) is 62.4 Å². The molecule has 162 valence electrons. The largest absolute Gasteiger partial charge is 0.490 e. The maximum Gasteiger partial charge on any atom is 0.226 e. The molecule has 1 aliphatic carbocycles. The Morgan fingerprint density at radius 2 is 1.97 bits per heavy atom. The lowest BCUT2D eigenvalue weighted by molar-refractivity contribution is -0.116. The summed E-state index contributed by atoms with van der Waals surface area (Å²) in [6.45, 7) is 2.01. The third-order valence-corrected chi connectivity index (χ3v) is 7.44. The van der Waals surface area contributed by atoms with E-state index >= 15 is 0 Å². The lowest BCUT2D eigenvalue weighted by Crippen LogP contribution is -2.25. The van der Waals surface area contributed by atoms with E-state index in [1.807, 2.05) is 37.3 Å². The number of carbonyl (C=O) groups is 1. The highest BCUT2D eigenvalue weighted by atomic mass is 32.1. The van der Waals surface area contributed by atoms with Crippen molar-refractivity contribution < 1.29 is 9.53 Å². The summed E-state index contributed by atoms with van der Waals surface area (Å²) in [5.74, 6) is 1.55. The van der Waals surface area contributed by atoms with Gasteiger partial charge in [-0.15, -0.1) is 0 Å². The van der Waals surface area contributed by atoms with Crippen molar-refractivity contribution in [3.05, 3.63) is 65.4 Å². The third kappa shape index (κ3) is 3.37. The molecule has 0 radical (unpaired) electrons. The van der Waals surface area contributed by atoms with Gasteiger partial charge in [0.15, 0.2) is 0 Å². The lowest BCUT2D eigenvalue weighted by Gasteiger charge is -2.24. The van der Waals surface area contributed by atoms with Gasteiger partial charge in [-0.1, -0.05) is 35.6 Å². The maximum absolute atomic E-state index is 12.7. The van der Waals surface area contributed by atoms with Crippen molar-refractivity contribution in [1.82, 2.24) is 14.8 Å². The minimum Gasteiger partial charge on any atom is -0.490 e. The number of benzene rings is 2. The Morgan fingerprint density at radius 3 is 2.81 bits per heavy atom. The highest BCUT2D eigenvalue weighted by Gasteiger charge is 2.33. The first-order chi connectivity index (χ1) is 15.7. The molecule has 7 heteroatoms. The van der Waals surface area contributed by atoms with Crippen LogP contribution in [0, 0.1) is 6.92 Å². The van der Waals surface area contributed by atoms with Crippen LogP contribution in [-0.4, -0.2) is 26.8 Å². The molecular weight excluding hydrogens is 420 g/mol. The Hall–Kier alpha value is -3.19. The van der Waals surface area contributed by atoms with E-state index < -0.39 is 0 Å². The third-order valence-electron chi connectivity index (χ3n) is 6.43. The van der Waals surface area contributed by atoms with Gasteiger partial charge in [0.25, 0.3) is 0 Å². The number of aryl methyl sites for hydroxylation is 1. The Labute approximate surface area is 190 Å². The molecule has 0 saturated heterocycles. The first-order valence-corrected chi connectivity index (χ1v) is 12.0. The van der Waals surface area contributed by atoms with Crippen molar-refractivity contribution in [1.29, 1.82) is 0 Å². The Bertz CT molecular complexity index is 1290. The van der Waals surface area contributed by atoms with E-state index in [1.54, 1.807) is 16.0 Å². The van der Waals surface area contributed by atoms with Gasteiger partial charge in [0.05, 0.1) is 22.0 Å². The Balaban J connectivity index is 1.40. The summed E-state index contributed by atoms with van der Waals surface area (Å²) in [5, 5.41) is 8.61. The van der Waals surface area contributed by atoms with Crippen LogP contribution >= 0.6 is 11.3 Å². The zero-order valence-corrected chi connectivity index (χ0v) is 18.7. The van der Waals surface area contributed by atoms with E-state index in [9.17, 15) is 4.79 Å². The quantitative estimate of drug-likeness (QED) is 0.446. The SMILES string of the molecule is Cc1nn(-c2nc3ccccc3s2)c2c1[C@@H](c1cccc(OC3CCCC3)c1)CC(=O)N2. The first-order valence-electron chi connectivity index (χ1n) is 11.2. The zero-order valence-electron chi connectivity index (χ0n) is 17.9. The highest BCUT2D eigenvalue weighted by Crippen LogP contribution is 2.42. The number of ether oxygens (including phenoxy) is 1.